The molecule has 2 aromatic rings. The Balaban J connectivity index is 2.11. The molecule has 2 heterocycles. The maximum absolute atomic E-state index is 6.17. The lowest BCUT2D eigenvalue weighted by Crippen LogP contribution is -2.11. The van der Waals surface area contributed by atoms with E-state index in [0.717, 1.165) is 6.42 Å². The topological polar surface area (TPSA) is 43.8 Å². The summed E-state index contributed by atoms with van der Waals surface area (Å²) in [4.78, 5) is 1.22. The number of hydrogen-bond acceptors (Lipinski definition) is 3. The Hall–Kier alpha value is -0.650. The Kier molecular flexibility index (Phi) is 3.47. The molecule has 0 aromatic carbocycles. The number of nitrogens with zero attached hydrogens (tertiary/aromatic N) is 2. The third-order valence-electron chi connectivity index (χ3n) is 2.46. The molecule has 2 aromatic heterocycles. The molecule has 0 aliphatic carbocycles. The number of aryl methyl sites for hydroxylation is 2. The monoisotopic (exact) mass is 299 g/mol. The number of nitrogens with two attached hydrogens (primary N) is 1. The van der Waals surface area contributed by atoms with E-state index >= 15 is 0 Å². The predicted molar refractivity (Wildman–Crippen MR) is 70.6 cm³/mol. The van der Waals surface area contributed by atoms with E-state index in [1.54, 1.807) is 16.0 Å². The molecule has 86 valence electrons. The minimum absolute atomic E-state index is 0.0548. The number of hydrogen-bond donors (Lipinski definition) is 1. The van der Waals surface area contributed by atoms with Gasteiger partial charge in [-0.3, -0.25) is 4.68 Å². The van der Waals surface area contributed by atoms with Crippen molar-refractivity contribution < 1.29 is 0 Å². The molecule has 0 saturated heterocycles. The van der Waals surface area contributed by atoms with Crippen molar-refractivity contribution in [2.75, 3.05) is 0 Å². The van der Waals surface area contributed by atoms with Gasteiger partial charge in [0.25, 0.3) is 0 Å². The Morgan fingerprint density at radius 3 is 2.88 bits per heavy atom. The first-order valence-electron chi connectivity index (χ1n) is 5.05. The Labute approximate surface area is 107 Å². The van der Waals surface area contributed by atoms with Gasteiger partial charge < -0.3 is 5.73 Å². The summed E-state index contributed by atoms with van der Waals surface area (Å²) in [5, 5.41) is 4.14. The quantitative estimate of drug-likeness (QED) is 0.947. The van der Waals surface area contributed by atoms with Gasteiger partial charge in [0.1, 0.15) is 0 Å². The van der Waals surface area contributed by atoms with Crippen LogP contribution < -0.4 is 5.73 Å². The zero-order valence-electron chi connectivity index (χ0n) is 9.27. The molecule has 0 aliphatic rings. The van der Waals surface area contributed by atoms with Gasteiger partial charge in [-0.2, -0.15) is 5.10 Å². The van der Waals surface area contributed by atoms with Crippen molar-refractivity contribution in [3.8, 4) is 0 Å². The molecule has 16 heavy (non-hydrogen) atoms. The van der Waals surface area contributed by atoms with E-state index in [-0.39, 0.29) is 6.04 Å². The second-order valence-corrected chi connectivity index (χ2v) is 6.34. The Bertz CT molecular complexity index is 470. The van der Waals surface area contributed by atoms with Crippen molar-refractivity contribution in [3.63, 3.8) is 0 Å². The molecule has 5 heteroatoms. The zero-order valence-corrected chi connectivity index (χ0v) is 11.7. The summed E-state index contributed by atoms with van der Waals surface area (Å²) in [5.74, 6) is 0. The lowest BCUT2D eigenvalue weighted by molar-refractivity contribution is 0.732. The molecule has 0 bridgehead atoms. The van der Waals surface area contributed by atoms with E-state index in [4.69, 9.17) is 5.73 Å². The van der Waals surface area contributed by atoms with Crippen LogP contribution in [0.3, 0.4) is 0 Å². The van der Waals surface area contributed by atoms with Gasteiger partial charge in [-0.1, -0.05) is 0 Å². The normalized spacial score (nSPS) is 13.0. The SMILES string of the molecule is Cc1cc(C(N)Cc2cnn(C)c2)sc1Br. The largest absolute Gasteiger partial charge is 0.323 e. The third kappa shape index (κ3) is 2.53. The molecule has 3 nitrogen and oxygen atoms in total. The summed E-state index contributed by atoms with van der Waals surface area (Å²) in [6, 6.07) is 2.20. The zero-order chi connectivity index (χ0) is 11.7. The molecule has 2 N–H and O–H groups in total. The Morgan fingerprint density at radius 2 is 2.38 bits per heavy atom. The van der Waals surface area contributed by atoms with Crippen LogP contribution in [0.5, 0.6) is 0 Å². The average Bonchev–Trinajstić information content (AvgIpc) is 2.75. The van der Waals surface area contributed by atoms with Crippen molar-refractivity contribution in [2.45, 2.75) is 19.4 Å². The van der Waals surface area contributed by atoms with Gasteiger partial charge in [0, 0.05) is 24.2 Å². The van der Waals surface area contributed by atoms with Crippen LogP contribution in [0, 0.1) is 6.92 Å². The lowest BCUT2D eigenvalue weighted by Gasteiger charge is -2.06. The second-order valence-electron chi connectivity index (χ2n) is 3.94. The second kappa shape index (κ2) is 4.69. The van der Waals surface area contributed by atoms with Gasteiger partial charge in [-0.05, 0) is 46.5 Å². The van der Waals surface area contributed by atoms with Crippen LogP contribution in [-0.4, -0.2) is 9.78 Å². The molecule has 1 unspecified atom stereocenters. The van der Waals surface area contributed by atoms with Crippen LogP contribution in [0.4, 0.5) is 0 Å². The van der Waals surface area contributed by atoms with Gasteiger partial charge in [0.05, 0.1) is 9.98 Å². The Morgan fingerprint density at radius 1 is 1.62 bits per heavy atom. The first-order chi connectivity index (χ1) is 7.56. The molecule has 1 atom stereocenters. The molecule has 0 amide bonds. The number of rotatable bonds is 3. The number of thiophene rings is 1. The van der Waals surface area contributed by atoms with Gasteiger partial charge in [-0.15, -0.1) is 11.3 Å². The van der Waals surface area contributed by atoms with Gasteiger partial charge in [-0.25, -0.2) is 0 Å². The fourth-order valence-electron chi connectivity index (χ4n) is 1.60. The summed E-state index contributed by atoms with van der Waals surface area (Å²) in [6.45, 7) is 2.08. The van der Waals surface area contributed by atoms with E-state index in [2.05, 4.69) is 34.0 Å². The van der Waals surface area contributed by atoms with Gasteiger partial charge in [0.15, 0.2) is 0 Å². The van der Waals surface area contributed by atoms with Crippen LogP contribution in [0.15, 0.2) is 22.2 Å². The fraction of sp³-hybridized carbons (Fsp3) is 0.364. The summed E-state index contributed by atoms with van der Waals surface area (Å²) in [7, 11) is 1.92. The summed E-state index contributed by atoms with van der Waals surface area (Å²) >= 11 is 5.23. The van der Waals surface area contributed by atoms with Crippen LogP contribution in [0.2, 0.25) is 0 Å². The lowest BCUT2D eigenvalue weighted by atomic mass is 10.1. The number of aromatic nitrogens is 2. The van der Waals surface area contributed by atoms with Crippen LogP contribution in [0.1, 0.15) is 22.0 Å². The van der Waals surface area contributed by atoms with Crippen LogP contribution >= 0.6 is 27.3 Å². The smallest absolute Gasteiger partial charge is 0.0731 e. The molecule has 0 saturated carbocycles. The maximum atomic E-state index is 6.17. The van der Waals surface area contributed by atoms with Crippen molar-refractivity contribution in [1.29, 1.82) is 0 Å². The van der Waals surface area contributed by atoms with Crippen molar-refractivity contribution in [2.24, 2.45) is 12.8 Å². The van der Waals surface area contributed by atoms with E-state index in [9.17, 15) is 0 Å². The summed E-state index contributed by atoms with van der Waals surface area (Å²) in [5.41, 5.74) is 8.60. The molecule has 2 rings (SSSR count). The minimum atomic E-state index is 0.0548. The first-order valence-corrected chi connectivity index (χ1v) is 6.66. The van der Waals surface area contributed by atoms with Gasteiger partial charge >= 0.3 is 0 Å². The van der Waals surface area contributed by atoms with Crippen molar-refractivity contribution >= 4 is 27.3 Å². The molecule has 0 fully saturated rings. The molecular weight excluding hydrogens is 286 g/mol. The highest BCUT2D eigenvalue weighted by atomic mass is 79.9. The standard InChI is InChI=1S/C11H14BrN3S/c1-7-3-10(16-11(7)12)9(13)4-8-5-14-15(2)6-8/h3,5-6,9H,4,13H2,1-2H3. The van der Waals surface area contributed by atoms with E-state index in [1.165, 1.54) is 19.8 Å². The average molecular weight is 300 g/mol. The molecule has 0 radical (unpaired) electrons. The van der Waals surface area contributed by atoms with Crippen LogP contribution in [-0.2, 0) is 13.5 Å². The van der Waals surface area contributed by atoms with Crippen LogP contribution in [0.25, 0.3) is 0 Å². The predicted octanol–water partition coefficient (Wildman–Crippen LogP) is 2.80. The van der Waals surface area contributed by atoms with E-state index in [0.29, 0.717) is 0 Å². The summed E-state index contributed by atoms with van der Waals surface area (Å²) < 4.78 is 2.97. The summed E-state index contributed by atoms with van der Waals surface area (Å²) in [6.07, 6.45) is 4.71. The highest BCUT2D eigenvalue weighted by Gasteiger charge is 2.12. The maximum Gasteiger partial charge on any atom is 0.0731 e. The van der Waals surface area contributed by atoms with Gasteiger partial charge in [0.2, 0.25) is 0 Å². The fourth-order valence-corrected chi connectivity index (χ4v) is 3.17. The highest BCUT2D eigenvalue weighted by Crippen LogP contribution is 2.31. The minimum Gasteiger partial charge on any atom is -0.323 e. The molecule has 0 aliphatic heterocycles. The highest BCUT2D eigenvalue weighted by molar-refractivity contribution is 9.11. The number of halogens is 1. The molecular formula is C11H14BrN3S. The van der Waals surface area contributed by atoms with Crippen molar-refractivity contribution in [3.05, 3.63) is 38.3 Å². The first kappa shape index (κ1) is 11.8. The third-order valence-corrected chi connectivity index (χ3v) is 4.72. The molecule has 0 spiro atoms. The van der Waals surface area contributed by atoms with E-state index < -0.39 is 0 Å². The van der Waals surface area contributed by atoms with E-state index in [1.807, 2.05) is 19.4 Å². The van der Waals surface area contributed by atoms with Crippen molar-refractivity contribution in [1.82, 2.24) is 9.78 Å².